The van der Waals surface area contributed by atoms with Gasteiger partial charge in [0.2, 0.25) is 10.0 Å². The van der Waals surface area contributed by atoms with Gasteiger partial charge in [0, 0.05) is 24.8 Å². The van der Waals surface area contributed by atoms with E-state index >= 15 is 0 Å². The molecule has 1 heterocycles. The molecule has 2 rings (SSSR count). The molecule has 1 aliphatic heterocycles. The van der Waals surface area contributed by atoms with Gasteiger partial charge in [0.05, 0.1) is 16.0 Å². The molecule has 1 saturated heterocycles. The Morgan fingerprint density at radius 1 is 1.52 bits per heavy atom. The van der Waals surface area contributed by atoms with E-state index in [2.05, 4.69) is 4.72 Å². The zero-order valence-electron chi connectivity index (χ0n) is 11.3. The second kappa shape index (κ2) is 6.27. The van der Waals surface area contributed by atoms with Crippen LogP contribution in [-0.4, -0.2) is 32.1 Å². The third kappa shape index (κ3) is 3.70. The standard InChI is InChI=1S/C12H15ClN2O5S/c1-8(11-3-2-6-20-11)14-21(18,19)12-7-9(15(16)17)4-5-10(12)13/h4-5,7-8,11,14H,2-3,6H2,1H3. The summed E-state index contributed by atoms with van der Waals surface area (Å²) < 4.78 is 32.5. The van der Waals surface area contributed by atoms with Crippen LogP contribution in [0.4, 0.5) is 5.69 Å². The highest BCUT2D eigenvalue weighted by molar-refractivity contribution is 7.89. The fourth-order valence-electron chi connectivity index (χ4n) is 2.19. The van der Waals surface area contributed by atoms with E-state index in [1.807, 2.05) is 0 Å². The molecule has 0 aliphatic carbocycles. The van der Waals surface area contributed by atoms with Crippen molar-refractivity contribution in [2.45, 2.75) is 36.8 Å². The monoisotopic (exact) mass is 334 g/mol. The Labute approximate surface area is 127 Å². The van der Waals surface area contributed by atoms with E-state index in [-0.39, 0.29) is 21.7 Å². The van der Waals surface area contributed by atoms with E-state index in [0.717, 1.165) is 25.0 Å². The Morgan fingerprint density at radius 3 is 2.81 bits per heavy atom. The number of halogens is 1. The van der Waals surface area contributed by atoms with Crippen LogP contribution in [0.3, 0.4) is 0 Å². The molecule has 1 fully saturated rings. The number of nitrogens with zero attached hydrogens (tertiary/aromatic N) is 1. The number of nitro groups is 1. The quantitative estimate of drug-likeness (QED) is 0.656. The zero-order chi connectivity index (χ0) is 15.6. The van der Waals surface area contributed by atoms with Crippen LogP contribution < -0.4 is 4.72 Å². The fourth-order valence-corrected chi connectivity index (χ4v) is 3.98. The normalized spacial score (nSPS) is 20.4. The number of rotatable bonds is 5. The molecule has 7 nitrogen and oxygen atoms in total. The highest BCUT2D eigenvalue weighted by Crippen LogP contribution is 2.27. The summed E-state index contributed by atoms with van der Waals surface area (Å²) in [5, 5.41) is 10.7. The van der Waals surface area contributed by atoms with Crippen molar-refractivity contribution in [3.05, 3.63) is 33.3 Å². The minimum Gasteiger partial charge on any atom is -0.377 e. The molecule has 0 saturated carbocycles. The molecule has 1 N–H and O–H groups in total. The first-order valence-electron chi connectivity index (χ1n) is 6.39. The number of sulfonamides is 1. The Bertz CT molecular complexity index is 643. The predicted octanol–water partition coefficient (Wildman–Crippen LogP) is 2.09. The summed E-state index contributed by atoms with van der Waals surface area (Å²) in [6.07, 6.45) is 1.46. The molecule has 0 amide bonds. The van der Waals surface area contributed by atoms with Crippen LogP contribution in [0.2, 0.25) is 5.02 Å². The van der Waals surface area contributed by atoms with Crippen LogP contribution in [0.15, 0.2) is 23.1 Å². The highest BCUT2D eigenvalue weighted by atomic mass is 35.5. The maximum absolute atomic E-state index is 12.3. The van der Waals surface area contributed by atoms with Gasteiger partial charge in [-0.2, -0.15) is 0 Å². The SMILES string of the molecule is CC(NS(=O)(=O)c1cc([N+](=O)[O-])ccc1Cl)C1CCCO1. The predicted molar refractivity (Wildman–Crippen MR) is 76.9 cm³/mol. The zero-order valence-corrected chi connectivity index (χ0v) is 12.9. The molecule has 0 spiro atoms. The number of nitro benzene ring substituents is 1. The van der Waals surface area contributed by atoms with Crippen molar-refractivity contribution >= 4 is 27.3 Å². The molecule has 0 bridgehead atoms. The van der Waals surface area contributed by atoms with E-state index in [9.17, 15) is 18.5 Å². The van der Waals surface area contributed by atoms with Crippen LogP contribution in [-0.2, 0) is 14.8 Å². The number of ether oxygens (including phenoxy) is 1. The number of hydrogen-bond donors (Lipinski definition) is 1. The topological polar surface area (TPSA) is 98.5 Å². The van der Waals surface area contributed by atoms with E-state index in [1.54, 1.807) is 6.92 Å². The Hall–Kier alpha value is -1.22. The van der Waals surface area contributed by atoms with E-state index in [0.29, 0.717) is 6.61 Å². The van der Waals surface area contributed by atoms with Crippen molar-refractivity contribution in [2.75, 3.05) is 6.61 Å². The third-order valence-electron chi connectivity index (χ3n) is 3.28. The highest BCUT2D eigenvalue weighted by Gasteiger charge is 2.29. The summed E-state index contributed by atoms with van der Waals surface area (Å²) in [7, 11) is -3.95. The maximum Gasteiger partial charge on any atom is 0.270 e. The average molecular weight is 335 g/mol. The lowest BCUT2D eigenvalue weighted by Crippen LogP contribution is -2.40. The molecule has 21 heavy (non-hydrogen) atoms. The Kier molecular flexibility index (Phi) is 4.82. The second-order valence-corrected chi connectivity index (χ2v) is 6.92. The average Bonchev–Trinajstić information content (AvgIpc) is 2.92. The van der Waals surface area contributed by atoms with E-state index in [4.69, 9.17) is 16.3 Å². The first kappa shape index (κ1) is 16.2. The summed E-state index contributed by atoms with van der Waals surface area (Å²) in [5.74, 6) is 0. The fraction of sp³-hybridized carbons (Fsp3) is 0.500. The molecule has 2 unspecified atom stereocenters. The van der Waals surface area contributed by atoms with Crippen molar-refractivity contribution in [2.24, 2.45) is 0 Å². The van der Waals surface area contributed by atoms with Crippen molar-refractivity contribution in [3.63, 3.8) is 0 Å². The molecular weight excluding hydrogens is 320 g/mol. The van der Waals surface area contributed by atoms with Crippen LogP contribution in [0, 0.1) is 10.1 Å². The van der Waals surface area contributed by atoms with Gasteiger partial charge < -0.3 is 4.74 Å². The van der Waals surface area contributed by atoms with E-state index < -0.39 is 21.0 Å². The smallest absolute Gasteiger partial charge is 0.270 e. The maximum atomic E-state index is 12.3. The van der Waals surface area contributed by atoms with Crippen molar-refractivity contribution < 1.29 is 18.1 Å². The van der Waals surface area contributed by atoms with Gasteiger partial charge in [-0.15, -0.1) is 0 Å². The minimum absolute atomic E-state index is 0.0624. The van der Waals surface area contributed by atoms with Crippen LogP contribution in [0.1, 0.15) is 19.8 Å². The number of nitrogens with one attached hydrogen (secondary N) is 1. The lowest BCUT2D eigenvalue weighted by atomic mass is 10.1. The number of benzene rings is 1. The van der Waals surface area contributed by atoms with Crippen molar-refractivity contribution in [3.8, 4) is 0 Å². The molecular formula is C12H15ClN2O5S. The van der Waals surface area contributed by atoms with Crippen LogP contribution >= 0.6 is 11.6 Å². The molecule has 1 aliphatic rings. The summed E-state index contributed by atoms with van der Waals surface area (Å²) in [5.41, 5.74) is -0.329. The second-order valence-electron chi connectivity index (χ2n) is 4.83. The summed E-state index contributed by atoms with van der Waals surface area (Å²) >= 11 is 5.86. The Morgan fingerprint density at radius 2 is 2.24 bits per heavy atom. The molecule has 116 valence electrons. The molecule has 0 aromatic heterocycles. The van der Waals surface area contributed by atoms with Crippen LogP contribution in [0.5, 0.6) is 0 Å². The minimum atomic E-state index is -3.95. The Balaban J connectivity index is 2.26. The van der Waals surface area contributed by atoms with Gasteiger partial charge in [0.1, 0.15) is 4.90 Å². The van der Waals surface area contributed by atoms with Gasteiger partial charge >= 0.3 is 0 Å². The first-order valence-corrected chi connectivity index (χ1v) is 8.25. The van der Waals surface area contributed by atoms with Crippen molar-refractivity contribution in [1.29, 1.82) is 0 Å². The first-order chi connectivity index (χ1) is 9.81. The van der Waals surface area contributed by atoms with Gasteiger partial charge in [0.25, 0.3) is 5.69 Å². The molecule has 1 aromatic rings. The van der Waals surface area contributed by atoms with E-state index in [1.165, 1.54) is 6.07 Å². The number of non-ortho nitro benzene ring substituents is 1. The van der Waals surface area contributed by atoms with Crippen molar-refractivity contribution in [1.82, 2.24) is 4.72 Å². The molecule has 1 aromatic carbocycles. The van der Waals surface area contributed by atoms with Gasteiger partial charge in [-0.05, 0) is 25.8 Å². The third-order valence-corrected chi connectivity index (χ3v) is 5.32. The lowest BCUT2D eigenvalue weighted by Gasteiger charge is -2.20. The lowest BCUT2D eigenvalue weighted by molar-refractivity contribution is -0.385. The summed E-state index contributed by atoms with van der Waals surface area (Å²) in [6, 6.07) is 2.87. The molecule has 2 atom stereocenters. The summed E-state index contributed by atoms with van der Waals surface area (Å²) in [6.45, 7) is 2.30. The molecule has 9 heteroatoms. The number of hydrogen-bond acceptors (Lipinski definition) is 5. The van der Waals surface area contributed by atoms with Gasteiger partial charge in [-0.25, -0.2) is 13.1 Å². The van der Waals surface area contributed by atoms with Crippen LogP contribution in [0.25, 0.3) is 0 Å². The summed E-state index contributed by atoms with van der Waals surface area (Å²) in [4.78, 5) is 9.78. The largest absolute Gasteiger partial charge is 0.377 e. The van der Waals surface area contributed by atoms with Gasteiger partial charge in [-0.1, -0.05) is 11.6 Å². The molecule has 0 radical (unpaired) electrons. The van der Waals surface area contributed by atoms with Gasteiger partial charge in [-0.3, -0.25) is 10.1 Å². The van der Waals surface area contributed by atoms with Gasteiger partial charge in [0.15, 0.2) is 0 Å².